The maximum Gasteiger partial charge on any atom is 0.317 e. The number of hydrogen-bond acceptors (Lipinski definition) is 4. The molecule has 0 radical (unpaired) electrons. The number of amides is 1. The fourth-order valence-corrected chi connectivity index (χ4v) is 3.54. The Morgan fingerprint density at radius 1 is 1.35 bits per heavy atom. The summed E-state index contributed by atoms with van der Waals surface area (Å²) in [5.41, 5.74) is 0.472. The third-order valence-electron chi connectivity index (χ3n) is 4.98. The van der Waals surface area contributed by atoms with E-state index in [0.717, 1.165) is 19.4 Å². The first-order chi connectivity index (χ1) is 12.5. The highest BCUT2D eigenvalue weighted by molar-refractivity contribution is 6.30. The van der Waals surface area contributed by atoms with Crippen LogP contribution in [0.1, 0.15) is 43.0 Å². The Hall–Kier alpha value is -1.79. The average Bonchev–Trinajstić information content (AvgIpc) is 3.33. The van der Waals surface area contributed by atoms with Crippen LogP contribution in [-0.2, 0) is 4.79 Å². The fourth-order valence-electron chi connectivity index (χ4n) is 3.37. The standard InChI is InChI=1S/C19H25ClN2O4/c1-2-26-17-7-13(20)5-6-16(17)19(25)21-14-8-15(9-14)22(11-18(23)24)10-12-3-4-12/h5-7,12,14-15H,2-4,8-11H2,1H3,(H,21,25)(H,23,24). The van der Waals surface area contributed by atoms with Crippen LogP contribution in [0.4, 0.5) is 0 Å². The molecule has 1 aromatic carbocycles. The maximum absolute atomic E-state index is 12.6. The molecule has 0 aromatic heterocycles. The van der Waals surface area contributed by atoms with E-state index in [1.165, 1.54) is 12.8 Å². The summed E-state index contributed by atoms with van der Waals surface area (Å²) in [4.78, 5) is 25.7. The summed E-state index contributed by atoms with van der Waals surface area (Å²) in [6.45, 7) is 3.24. The summed E-state index contributed by atoms with van der Waals surface area (Å²) in [5, 5.41) is 12.7. The van der Waals surface area contributed by atoms with Crippen molar-refractivity contribution in [2.75, 3.05) is 19.7 Å². The Labute approximate surface area is 158 Å². The zero-order valence-corrected chi connectivity index (χ0v) is 15.7. The van der Waals surface area contributed by atoms with Crippen LogP contribution in [0.25, 0.3) is 0 Å². The lowest BCUT2D eigenvalue weighted by Crippen LogP contribution is -2.55. The highest BCUT2D eigenvalue weighted by Gasteiger charge is 2.38. The SMILES string of the molecule is CCOc1cc(Cl)ccc1C(=O)NC1CC(N(CC(=O)O)CC2CC2)C1. The van der Waals surface area contributed by atoms with E-state index in [4.69, 9.17) is 21.4 Å². The molecule has 2 saturated carbocycles. The zero-order chi connectivity index (χ0) is 18.7. The van der Waals surface area contributed by atoms with Crippen molar-refractivity contribution in [1.82, 2.24) is 10.2 Å². The molecule has 142 valence electrons. The molecule has 0 aliphatic heterocycles. The minimum atomic E-state index is -0.791. The summed E-state index contributed by atoms with van der Waals surface area (Å²) >= 11 is 5.98. The van der Waals surface area contributed by atoms with Gasteiger partial charge in [-0.05, 0) is 56.7 Å². The lowest BCUT2D eigenvalue weighted by Gasteiger charge is -2.42. The molecule has 2 aliphatic carbocycles. The molecular weight excluding hydrogens is 356 g/mol. The molecule has 1 amide bonds. The molecule has 3 rings (SSSR count). The van der Waals surface area contributed by atoms with Crippen molar-refractivity contribution >= 4 is 23.5 Å². The van der Waals surface area contributed by atoms with Crippen LogP contribution >= 0.6 is 11.6 Å². The quantitative estimate of drug-likeness (QED) is 0.688. The molecule has 2 N–H and O–H groups in total. The predicted octanol–water partition coefficient (Wildman–Crippen LogP) is 2.80. The first-order valence-corrected chi connectivity index (χ1v) is 9.53. The summed E-state index contributed by atoms with van der Waals surface area (Å²) in [7, 11) is 0. The number of carboxylic acids is 1. The first kappa shape index (κ1) is 19.0. The van der Waals surface area contributed by atoms with Crippen molar-refractivity contribution in [3.05, 3.63) is 28.8 Å². The molecule has 0 bridgehead atoms. The molecule has 6 nitrogen and oxygen atoms in total. The summed E-state index contributed by atoms with van der Waals surface area (Å²) in [6, 6.07) is 5.28. The third kappa shape index (κ3) is 4.89. The molecule has 2 aliphatic rings. The van der Waals surface area contributed by atoms with Gasteiger partial charge in [-0.1, -0.05) is 11.6 Å². The number of benzene rings is 1. The Bertz CT molecular complexity index is 672. The van der Waals surface area contributed by atoms with Crippen LogP contribution < -0.4 is 10.1 Å². The van der Waals surface area contributed by atoms with Crippen LogP contribution in [0, 0.1) is 5.92 Å². The highest BCUT2D eigenvalue weighted by Crippen LogP contribution is 2.34. The van der Waals surface area contributed by atoms with Gasteiger partial charge in [-0.2, -0.15) is 0 Å². The molecule has 0 spiro atoms. The van der Waals surface area contributed by atoms with E-state index in [1.807, 2.05) is 6.92 Å². The molecular formula is C19H25ClN2O4. The zero-order valence-electron chi connectivity index (χ0n) is 14.9. The van der Waals surface area contributed by atoms with Gasteiger partial charge >= 0.3 is 5.97 Å². The van der Waals surface area contributed by atoms with Gasteiger partial charge in [0.15, 0.2) is 0 Å². The van der Waals surface area contributed by atoms with E-state index >= 15 is 0 Å². The molecule has 7 heteroatoms. The van der Waals surface area contributed by atoms with Crippen molar-refractivity contribution in [2.24, 2.45) is 5.92 Å². The predicted molar refractivity (Wildman–Crippen MR) is 98.8 cm³/mol. The van der Waals surface area contributed by atoms with Crippen molar-refractivity contribution < 1.29 is 19.4 Å². The van der Waals surface area contributed by atoms with Crippen LogP contribution in [0.15, 0.2) is 18.2 Å². The van der Waals surface area contributed by atoms with E-state index in [9.17, 15) is 9.59 Å². The van der Waals surface area contributed by atoms with Gasteiger partial charge in [0.2, 0.25) is 0 Å². The van der Waals surface area contributed by atoms with Gasteiger partial charge < -0.3 is 15.2 Å². The van der Waals surface area contributed by atoms with Gasteiger partial charge in [-0.3, -0.25) is 14.5 Å². The van der Waals surface area contributed by atoms with Crippen molar-refractivity contribution in [1.29, 1.82) is 0 Å². The number of ether oxygens (including phenoxy) is 1. The molecule has 26 heavy (non-hydrogen) atoms. The second-order valence-electron chi connectivity index (χ2n) is 7.14. The Balaban J connectivity index is 1.54. The number of carboxylic acid groups (broad SMARTS) is 1. The lowest BCUT2D eigenvalue weighted by atomic mass is 9.85. The van der Waals surface area contributed by atoms with E-state index in [2.05, 4.69) is 10.2 Å². The van der Waals surface area contributed by atoms with Crippen molar-refractivity contribution in [3.8, 4) is 5.75 Å². The van der Waals surface area contributed by atoms with Gasteiger partial charge in [0.25, 0.3) is 5.91 Å². The number of nitrogens with zero attached hydrogens (tertiary/aromatic N) is 1. The van der Waals surface area contributed by atoms with Crippen molar-refractivity contribution in [3.63, 3.8) is 0 Å². The topological polar surface area (TPSA) is 78.9 Å². The molecule has 0 heterocycles. The van der Waals surface area contributed by atoms with Crippen molar-refractivity contribution in [2.45, 2.75) is 44.7 Å². The second-order valence-corrected chi connectivity index (χ2v) is 7.57. The Morgan fingerprint density at radius 3 is 2.69 bits per heavy atom. The van der Waals surface area contributed by atoms with Gasteiger partial charge in [0, 0.05) is 23.7 Å². The maximum atomic E-state index is 12.6. The molecule has 1 aromatic rings. The van der Waals surface area contributed by atoms with E-state index in [0.29, 0.717) is 28.9 Å². The molecule has 2 fully saturated rings. The summed E-state index contributed by atoms with van der Waals surface area (Å²) in [5.74, 6) is 0.154. The molecule has 0 atom stereocenters. The number of rotatable bonds is 9. The highest BCUT2D eigenvalue weighted by atomic mass is 35.5. The number of hydrogen-bond donors (Lipinski definition) is 2. The smallest absolute Gasteiger partial charge is 0.317 e. The van der Waals surface area contributed by atoms with Crippen LogP contribution in [0.3, 0.4) is 0 Å². The summed E-state index contributed by atoms with van der Waals surface area (Å²) < 4.78 is 5.51. The van der Waals surface area contributed by atoms with Gasteiger partial charge in [-0.15, -0.1) is 0 Å². The van der Waals surface area contributed by atoms with Crippen LogP contribution in [-0.4, -0.2) is 53.7 Å². The number of aliphatic carboxylic acids is 1. The number of carbonyl (C=O) groups excluding carboxylic acids is 1. The second kappa shape index (κ2) is 8.27. The molecule has 0 unspecified atom stereocenters. The van der Waals surface area contributed by atoms with Crippen LogP contribution in [0.2, 0.25) is 5.02 Å². The van der Waals surface area contributed by atoms with Crippen LogP contribution in [0.5, 0.6) is 5.75 Å². The third-order valence-corrected chi connectivity index (χ3v) is 5.22. The fraction of sp³-hybridized carbons (Fsp3) is 0.579. The van der Waals surface area contributed by atoms with Gasteiger partial charge in [-0.25, -0.2) is 0 Å². The Kier molecular flexibility index (Phi) is 6.04. The largest absolute Gasteiger partial charge is 0.493 e. The molecule has 0 saturated heterocycles. The minimum Gasteiger partial charge on any atom is -0.493 e. The van der Waals surface area contributed by atoms with Gasteiger partial charge in [0.05, 0.1) is 18.7 Å². The van der Waals surface area contributed by atoms with E-state index in [1.54, 1.807) is 18.2 Å². The van der Waals surface area contributed by atoms with E-state index in [-0.39, 0.29) is 24.5 Å². The first-order valence-electron chi connectivity index (χ1n) is 9.15. The number of carbonyl (C=O) groups is 2. The lowest BCUT2D eigenvalue weighted by molar-refractivity contribution is -0.139. The normalized spacial score (nSPS) is 22.0. The van der Waals surface area contributed by atoms with Gasteiger partial charge in [0.1, 0.15) is 5.75 Å². The Morgan fingerprint density at radius 2 is 2.08 bits per heavy atom. The number of nitrogens with one attached hydrogen (secondary N) is 1. The average molecular weight is 381 g/mol. The minimum absolute atomic E-state index is 0.0631. The number of halogens is 1. The monoisotopic (exact) mass is 380 g/mol. The van der Waals surface area contributed by atoms with E-state index < -0.39 is 5.97 Å². The summed E-state index contributed by atoms with van der Waals surface area (Å²) in [6.07, 6.45) is 3.95.